The summed E-state index contributed by atoms with van der Waals surface area (Å²) < 4.78 is 0. The van der Waals surface area contributed by atoms with Gasteiger partial charge < -0.3 is 15.2 Å². The van der Waals surface area contributed by atoms with E-state index in [1.807, 2.05) is 27.7 Å². The molecule has 2 heterocycles. The predicted molar refractivity (Wildman–Crippen MR) is 84.5 cm³/mol. The number of pyridine rings is 1. The van der Waals surface area contributed by atoms with Crippen LogP contribution in [0.4, 0.5) is 5.82 Å². The topological polar surface area (TPSA) is 65.2 Å². The Kier molecular flexibility index (Phi) is 4.40. The minimum atomic E-state index is -0.448. The lowest BCUT2D eigenvalue weighted by Gasteiger charge is -2.20. The van der Waals surface area contributed by atoms with Crippen LogP contribution in [0.3, 0.4) is 0 Å². The monoisotopic (exact) mass is 291 g/mol. The van der Waals surface area contributed by atoms with Crippen LogP contribution in [0, 0.1) is 12.3 Å². The van der Waals surface area contributed by atoms with Gasteiger partial charge in [0.2, 0.25) is 5.91 Å². The van der Waals surface area contributed by atoms with Gasteiger partial charge in [-0.05, 0) is 19.8 Å². The first-order chi connectivity index (χ1) is 9.79. The number of rotatable bonds is 3. The third-order valence-corrected chi connectivity index (χ3v) is 3.89. The Morgan fingerprint density at radius 2 is 1.95 bits per heavy atom. The molecule has 0 atom stereocenters. The molecule has 1 amide bonds. The number of H-pyrrole nitrogens is 1. The highest BCUT2D eigenvalue weighted by Crippen LogP contribution is 2.18. The number of anilines is 1. The molecule has 5 nitrogen and oxygen atoms in total. The van der Waals surface area contributed by atoms with Crippen molar-refractivity contribution in [2.75, 3.05) is 18.0 Å². The van der Waals surface area contributed by atoms with E-state index in [1.54, 1.807) is 6.07 Å². The van der Waals surface area contributed by atoms with Crippen molar-refractivity contribution < 1.29 is 4.79 Å². The minimum absolute atomic E-state index is 0.0117. The number of aromatic nitrogens is 1. The van der Waals surface area contributed by atoms with Crippen LogP contribution in [-0.2, 0) is 11.3 Å². The molecule has 1 aromatic heterocycles. The van der Waals surface area contributed by atoms with E-state index in [2.05, 4.69) is 15.2 Å². The maximum Gasteiger partial charge on any atom is 0.225 e. The Bertz CT molecular complexity index is 578. The third kappa shape index (κ3) is 3.65. The van der Waals surface area contributed by atoms with E-state index in [4.69, 9.17) is 0 Å². The maximum atomic E-state index is 12.3. The zero-order chi connectivity index (χ0) is 15.6. The van der Waals surface area contributed by atoms with Crippen molar-refractivity contribution in [1.29, 1.82) is 0 Å². The lowest BCUT2D eigenvalue weighted by atomic mass is 9.95. The Morgan fingerprint density at radius 3 is 2.48 bits per heavy atom. The van der Waals surface area contributed by atoms with Gasteiger partial charge in [-0.25, -0.2) is 0 Å². The van der Waals surface area contributed by atoms with Gasteiger partial charge in [-0.3, -0.25) is 9.59 Å². The molecule has 1 fully saturated rings. The smallest absolute Gasteiger partial charge is 0.225 e. The van der Waals surface area contributed by atoms with Crippen LogP contribution < -0.4 is 15.6 Å². The van der Waals surface area contributed by atoms with Crippen molar-refractivity contribution in [3.05, 3.63) is 27.5 Å². The highest BCUT2D eigenvalue weighted by atomic mass is 16.2. The summed E-state index contributed by atoms with van der Waals surface area (Å²) in [4.78, 5) is 29.7. The lowest BCUT2D eigenvalue weighted by molar-refractivity contribution is -0.128. The van der Waals surface area contributed by atoms with Gasteiger partial charge in [0, 0.05) is 42.4 Å². The van der Waals surface area contributed by atoms with Gasteiger partial charge in [-0.1, -0.05) is 20.8 Å². The number of aryl methyl sites for hydroxylation is 1. The number of carbonyl (C=O) groups is 1. The van der Waals surface area contributed by atoms with Crippen molar-refractivity contribution >= 4 is 11.7 Å². The average molecular weight is 291 g/mol. The summed E-state index contributed by atoms with van der Waals surface area (Å²) in [5.41, 5.74) is 1.01. The molecule has 0 radical (unpaired) electrons. The van der Waals surface area contributed by atoms with Crippen LogP contribution in [0.15, 0.2) is 10.9 Å². The summed E-state index contributed by atoms with van der Waals surface area (Å²) in [6, 6.07) is 1.65. The van der Waals surface area contributed by atoms with E-state index >= 15 is 0 Å². The number of hydrogen-bond donors (Lipinski definition) is 2. The Labute approximate surface area is 125 Å². The van der Waals surface area contributed by atoms with Crippen molar-refractivity contribution in [2.24, 2.45) is 5.41 Å². The predicted octanol–water partition coefficient (Wildman–Crippen LogP) is 1.95. The van der Waals surface area contributed by atoms with Crippen LogP contribution in [0.2, 0.25) is 0 Å². The van der Waals surface area contributed by atoms with E-state index in [-0.39, 0.29) is 17.9 Å². The average Bonchev–Trinajstić information content (AvgIpc) is 2.89. The largest absolute Gasteiger partial charge is 0.358 e. The second-order valence-electron chi connectivity index (χ2n) is 6.75. The molecule has 1 aromatic rings. The van der Waals surface area contributed by atoms with Crippen LogP contribution in [0.5, 0.6) is 0 Å². The van der Waals surface area contributed by atoms with Gasteiger partial charge in [-0.15, -0.1) is 0 Å². The minimum Gasteiger partial charge on any atom is -0.358 e. The van der Waals surface area contributed by atoms with Crippen LogP contribution in [-0.4, -0.2) is 24.0 Å². The first-order valence-corrected chi connectivity index (χ1v) is 7.55. The number of amides is 1. The highest BCUT2D eigenvalue weighted by Gasteiger charge is 2.21. The molecular weight excluding hydrogens is 266 g/mol. The van der Waals surface area contributed by atoms with Gasteiger partial charge in [0.1, 0.15) is 5.82 Å². The van der Waals surface area contributed by atoms with E-state index in [9.17, 15) is 9.59 Å². The number of carbonyl (C=O) groups excluding carboxylic acids is 1. The van der Waals surface area contributed by atoms with Crippen LogP contribution in [0.25, 0.3) is 0 Å². The zero-order valence-corrected chi connectivity index (χ0v) is 13.4. The van der Waals surface area contributed by atoms with E-state index in [1.165, 1.54) is 12.8 Å². The maximum absolute atomic E-state index is 12.3. The lowest BCUT2D eigenvalue weighted by Crippen LogP contribution is -2.36. The number of aromatic amines is 1. The van der Waals surface area contributed by atoms with Crippen LogP contribution in [0.1, 0.15) is 44.9 Å². The van der Waals surface area contributed by atoms with Gasteiger partial charge in [0.15, 0.2) is 5.43 Å². The van der Waals surface area contributed by atoms with Crippen molar-refractivity contribution in [3.8, 4) is 0 Å². The highest BCUT2D eigenvalue weighted by molar-refractivity contribution is 5.81. The second-order valence-corrected chi connectivity index (χ2v) is 6.75. The quantitative estimate of drug-likeness (QED) is 0.894. The molecule has 0 aromatic carbocycles. The number of nitrogens with zero attached hydrogens (tertiary/aromatic N) is 1. The Balaban J connectivity index is 2.14. The molecule has 0 bridgehead atoms. The SMILES string of the molecule is Cc1[nH]c(N2CCCC2)cc(=O)c1CNC(=O)C(C)(C)C. The zero-order valence-electron chi connectivity index (χ0n) is 13.4. The summed E-state index contributed by atoms with van der Waals surface area (Å²) in [6.45, 7) is 9.73. The summed E-state index contributed by atoms with van der Waals surface area (Å²) >= 11 is 0. The third-order valence-electron chi connectivity index (χ3n) is 3.89. The fraction of sp³-hybridized carbons (Fsp3) is 0.625. The molecule has 1 aliphatic rings. The fourth-order valence-electron chi connectivity index (χ4n) is 2.48. The van der Waals surface area contributed by atoms with Gasteiger partial charge in [-0.2, -0.15) is 0 Å². The molecule has 116 valence electrons. The molecular formula is C16H25N3O2. The second kappa shape index (κ2) is 5.92. The van der Waals surface area contributed by atoms with Gasteiger partial charge in [0.25, 0.3) is 0 Å². The number of nitrogens with one attached hydrogen (secondary N) is 2. The molecule has 1 saturated heterocycles. The summed E-state index contributed by atoms with van der Waals surface area (Å²) in [6.07, 6.45) is 2.34. The van der Waals surface area contributed by atoms with Gasteiger partial charge in [0.05, 0.1) is 0 Å². The van der Waals surface area contributed by atoms with E-state index in [0.717, 1.165) is 24.6 Å². The van der Waals surface area contributed by atoms with Crippen molar-refractivity contribution in [1.82, 2.24) is 10.3 Å². The molecule has 1 aliphatic heterocycles. The molecule has 2 rings (SSSR count). The standard InChI is InChI=1S/C16H25N3O2/c1-11-12(10-17-15(21)16(2,3)4)13(20)9-14(18-11)19-7-5-6-8-19/h9H,5-8,10H2,1-4H3,(H,17,21)(H,18,20). The first kappa shape index (κ1) is 15.6. The molecule has 5 heteroatoms. The molecule has 0 spiro atoms. The number of hydrogen-bond acceptors (Lipinski definition) is 3. The van der Waals surface area contributed by atoms with Crippen molar-refractivity contribution in [2.45, 2.75) is 47.1 Å². The summed E-state index contributed by atoms with van der Waals surface area (Å²) in [5.74, 6) is 0.839. The van der Waals surface area contributed by atoms with Crippen molar-refractivity contribution in [3.63, 3.8) is 0 Å². The molecule has 2 N–H and O–H groups in total. The normalized spacial score (nSPS) is 15.3. The molecule has 0 aliphatic carbocycles. The van der Waals surface area contributed by atoms with E-state index in [0.29, 0.717) is 5.56 Å². The molecule has 0 unspecified atom stereocenters. The Hall–Kier alpha value is -1.78. The fourth-order valence-corrected chi connectivity index (χ4v) is 2.48. The summed E-state index contributed by atoms with van der Waals surface area (Å²) in [5, 5.41) is 2.84. The van der Waals surface area contributed by atoms with E-state index < -0.39 is 5.41 Å². The van der Waals surface area contributed by atoms with Crippen LogP contribution >= 0.6 is 0 Å². The summed E-state index contributed by atoms with van der Waals surface area (Å²) in [7, 11) is 0. The molecule has 0 saturated carbocycles. The molecule has 21 heavy (non-hydrogen) atoms. The Morgan fingerprint density at radius 1 is 1.33 bits per heavy atom. The van der Waals surface area contributed by atoms with Gasteiger partial charge >= 0.3 is 0 Å². The first-order valence-electron chi connectivity index (χ1n) is 7.55.